The SMILES string of the molecule is CCCCCCC(CC(C)C(C)(C)C(C)(C)C)C(=O)O. The van der Waals surface area contributed by atoms with Gasteiger partial charge >= 0.3 is 5.97 Å². The molecule has 0 heterocycles. The third-order valence-electron chi connectivity index (χ3n) is 5.56. The highest BCUT2D eigenvalue weighted by atomic mass is 16.4. The third-order valence-corrected chi connectivity index (χ3v) is 5.56. The van der Waals surface area contributed by atoms with Crippen molar-refractivity contribution in [2.24, 2.45) is 22.7 Å². The first-order chi connectivity index (χ1) is 9.04. The predicted octanol–water partition coefficient (Wildman–Crippen LogP) is 5.76. The molecular weight excluding hydrogens is 248 g/mol. The first-order valence-electron chi connectivity index (χ1n) is 8.26. The molecule has 0 aliphatic heterocycles. The van der Waals surface area contributed by atoms with Crippen molar-refractivity contribution >= 4 is 5.97 Å². The van der Waals surface area contributed by atoms with Crippen LogP contribution in [-0.2, 0) is 4.79 Å². The fraction of sp³-hybridized carbons (Fsp3) is 0.944. The molecule has 2 heteroatoms. The van der Waals surface area contributed by atoms with Gasteiger partial charge in [-0.25, -0.2) is 0 Å². The summed E-state index contributed by atoms with van der Waals surface area (Å²) >= 11 is 0. The Morgan fingerprint density at radius 3 is 2.00 bits per heavy atom. The number of carbonyl (C=O) groups is 1. The van der Waals surface area contributed by atoms with E-state index in [4.69, 9.17) is 0 Å². The van der Waals surface area contributed by atoms with Gasteiger partial charge in [0.2, 0.25) is 0 Å². The molecule has 0 rings (SSSR count). The quantitative estimate of drug-likeness (QED) is 0.547. The van der Waals surface area contributed by atoms with Crippen LogP contribution in [0.1, 0.15) is 87.0 Å². The van der Waals surface area contributed by atoms with Gasteiger partial charge in [0.1, 0.15) is 0 Å². The highest BCUT2D eigenvalue weighted by Gasteiger charge is 2.39. The molecular formula is C18H36O2. The van der Waals surface area contributed by atoms with Crippen molar-refractivity contribution in [1.29, 1.82) is 0 Å². The van der Waals surface area contributed by atoms with Gasteiger partial charge in [-0.3, -0.25) is 4.79 Å². The van der Waals surface area contributed by atoms with Crippen molar-refractivity contribution in [1.82, 2.24) is 0 Å². The molecule has 0 aromatic rings. The number of unbranched alkanes of at least 4 members (excludes halogenated alkanes) is 3. The Morgan fingerprint density at radius 1 is 1.05 bits per heavy atom. The Morgan fingerprint density at radius 2 is 1.60 bits per heavy atom. The Balaban J connectivity index is 4.55. The minimum absolute atomic E-state index is 0.143. The molecule has 0 aliphatic carbocycles. The lowest BCUT2D eigenvalue weighted by Crippen LogP contribution is -2.37. The number of carboxylic acids is 1. The molecule has 2 atom stereocenters. The summed E-state index contributed by atoms with van der Waals surface area (Å²) in [6.07, 6.45) is 6.26. The third kappa shape index (κ3) is 5.85. The number of hydrogen-bond acceptors (Lipinski definition) is 1. The molecule has 20 heavy (non-hydrogen) atoms. The van der Waals surface area contributed by atoms with E-state index in [1.165, 1.54) is 12.8 Å². The largest absolute Gasteiger partial charge is 0.481 e. The maximum atomic E-state index is 11.5. The van der Waals surface area contributed by atoms with Crippen molar-refractivity contribution in [2.75, 3.05) is 0 Å². The van der Waals surface area contributed by atoms with E-state index in [0.717, 1.165) is 25.7 Å². The van der Waals surface area contributed by atoms with E-state index in [0.29, 0.717) is 5.92 Å². The molecule has 120 valence electrons. The fourth-order valence-electron chi connectivity index (χ4n) is 2.62. The van der Waals surface area contributed by atoms with Crippen LogP contribution in [0.2, 0.25) is 0 Å². The van der Waals surface area contributed by atoms with E-state index in [2.05, 4.69) is 48.5 Å². The number of carboxylic acid groups (broad SMARTS) is 1. The predicted molar refractivity (Wildman–Crippen MR) is 86.9 cm³/mol. The summed E-state index contributed by atoms with van der Waals surface area (Å²) in [6, 6.07) is 0. The van der Waals surface area contributed by atoms with Gasteiger partial charge in [0, 0.05) is 0 Å². The minimum Gasteiger partial charge on any atom is -0.481 e. The van der Waals surface area contributed by atoms with Crippen LogP contribution in [0.5, 0.6) is 0 Å². The summed E-state index contributed by atoms with van der Waals surface area (Å²) in [4.78, 5) is 11.5. The zero-order chi connectivity index (χ0) is 16.0. The van der Waals surface area contributed by atoms with Gasteiger partial charge in [0.05, 0.1) is 5.92 Å². The smallest absolute Gasteiger partial charge is 0.306 e. The summed E-state index contributed by atoms with van der Waals surface area (Å²) in [5.74, 6) is -0.378. The highest BCUT2D eigenvalue weighted by molar-refractivity contribution is 5.69. The molecule has 0 radical (unpaired) electrons. The van der Waals surface area contributed by atoms with E-state index >= 15 is 0 Å². The number of hydrogen-bond donors (Lipinski definition) is 1. The van der Waals surface area contributed by atoms with Gasteiger partial charge in [0.15, 0.2) is 0 Å². The monoisotopic (exact) mass is 284 g/mol. The average molecular weight is 284 g/mol. The molecule has 0 fully saturated rings. The van der Waals surface area contributed by atoms with Gasteiger partial charge in [-0.2, -0.15) is 0 Å². The first-order valence-corrected chi connectivity index (χ1v) is 8.26. The molecule has 2 nitrogen and oxygen atoms in total. The summed E-state index contributed by atoms with van der Waals surface area (Å²) < 4.78 is 0. The van der Waals surface area contributed by atoms with Gasteiger partial charge in [0.25, 0.3) is 0 Å². The molecule has 0 saturated heterocycles. The van der Waals surface area contributed by atoms with Crippen LogP contribution in [-0.4, -0.2) is 11.1 Å². The molecule has 0 spiro atoms. The van der Waals surface area contributed by atoms with Gasteiger partial charge in [-0.1, -0.05) is 74.1 Å². The normalized spacial score (nSPS) is 15.9. The zero-order valence-corrected chi connectivity index (χ0v) is 14.8. The lowest BCUT2D eigenvalue weighted by Gasteiger charge is -2.44. The van der Waals surface area contributed by atoms with Crippen LogP contribution in [0.3, 0.4) is 0 Å². The molecule has 0 saturated carbocycles. The van der Waals surface area contributed by atoms with Gasteiger partial charge in [-0.05, 0) is 29.6 Å². The summed E-state index contributed by atoms with van der Waals surface area (Å²) in [7, 11) is 0. The van der Waals surface area contributed by atoms with E-state index in [1.54, 1.807) is 0 Å². The highest BCUT2D eigenvalue weighted by Crippen LogP contribution is 2.46. The van der Waals surface area contributed by atoms with Crippen LogP contribution >= 0.6 is 0 Å². The van der Waals surface area contributed by atoms with Crippen molar-refractivity contribution in [3.63, 3.8) is 0 Å². The molecule has 0 aromatic heterocycles. The van der Waals surface area contributed by atoms with Gasteiger partial charge < -0.3 is 5.11 Å². The summed E-state index contributed by atoms with van der Waals surface area (Å²) in [5.41, 5.74) is 0.335. The fourth-order valence-corrected chi connectivity index (χ4v) is 2.62. The molecule has 1 N–H and O–H groups in total. The second kappa shape index (κ2) is 8.05. The van der Waals surface area contributed by atoms with Gasteiger partial charge in [-0.15, -0.1) is 0 Å². The Kier molecular flexibility index (Phi) is 7.83. The van der Waals surface area contributed by atoms with Crippen molar-refractivity contribution in [3.05, 3.63) is 0 Å². The van der Waals surface area contributed by atoms with Crippen LogP contribution in [0.15, 0.2) is 0 Å². The van der Waals surface area contributed by atoms with E-state index in [9.17, 15) is 9.90 Å². The second-order valence-corrected chi connectivity index (χ2v) is 7.99. The molecule has 0 amide bonds. The molecule has 0 aromatic carbocycles. The van der Waals surface area contributed by atoms with E-state index < -0.39 is 5.97 Å². The van der Waals surface area contributed by atoms with Crippen LogP contribution in [0.4, 0.5) is 0 Å². The molecule has 2 unspecified atom stereocenters. The maximum Gasteiger partial charge on any atom is 0.306 e. The first kappa shape index (κ1) is 19.5. The molecule has 0 aliphatic rings. The number of rotatable bonds is 9. The zero-order valence-electron chi connectivity index (χ0n) is 14.8. The van der Waals surface area contributed by atoms with Crippen LogP contribution < -0.4 is 0 Å². The van der Waals surface area contributed by atoms with Crippen LogP contribution in [0.25, 0.3) is 0 Å². The second-order valence-electron chi connectivity index (χ2n) is 7.99. The summed E-state index contributed by atoms with van der Waals surface area (Å²) in [5, 5.41) is 9.45. The Labute approximate surface area is 126 Å². The lowest BCUT2D eigenvalue weighted by molar-refractivity contribution is -0.143. The standard InChI is InChI=1S/C18H36O2/c1-8-9-10-11-12-15(16(19)20)13-14(2)18(6,7)17(3,4)5/h14-15H,8-13H2,1-7H3,(H,19,20). The number of aliphatic carboxylic acids is 1. The van der Waals surface area contributed by atoms with Crippen molar-refractivity contribution in [3.8, 4) is 0 Å². The van der Waals surface area contributed by atoms with Crippen molar-refractivity contribution in [2.45, 2.75) is 87.0 Å². The molecule has 0 bridgehead atoms. The average Bonchev–Trinajstić information content (AvgIpc) is 2.30. The Bertz CT molecular complexity index is 286. The minimum atomic E-state index is -0.613. The summed E-state index contributed by atoms with van der Waals surface area (Å²) in [6.45, 7) is 15.7. The topological polar surface area (TPSA) is 37.3 Å². The van der Waals surface area contributed by atoms with E-state index in [-0.39, 0.29) is 16.7 Å². The van der Waals surface area contributed by atoms with E-state index in [1.807, 2.05) is 0 Å². The van der Waals surface area contributed by atoms with Crippen LogP contribution in [0, 0.1) is 22.7 Å². The lowest BCUT2D eigenvalue weighted by atomic mass is 9.61. The van der Waals surface area contributed by atoms with Crippen molar-refractivity contribution < 1.29 is 9.90 Å². The Hall–Kier alpha value is -0.530. The maximum absolute atomic E-state index is 11.5.